The predicted molar refractivity (Wildman–Crippen MR) is 126 cm³/mol. The van der Waals surface area contributed by atoms with Gasteiger partial charge in [0.15, 0.2) is 0 Å². The molecular formula is C25H29N3OS. The first-order valence-corrected chi connectivity index (χ1v) is 11.2. The van der Waals surface area contributed by atoms with E-state index in [0.717, 1.165) is 22.7 Å². The molecule has 4 nitrogen and oxygen atoms in total. The Morgan fingerprint density at radius 1 is 1.03 bits per heavy atom. The summed E-state index contributed by atoms with van der Waals surface area (Å²) in [6.07, 6.45) is 1.77. The fraction of sp³-hybridized carbons (Fsp3) is 0.320. The van der Waals surface area contributed by atoms with Crippen LogP contribution in [-0.2, 0) is 5.41 Å². The smallest absolute Gasteiger partial charge is 0.243 e. The van der Waals surface area contributed by atoms with Gasteiger partial charge in [-0.25, -0.2) is 4.98 Å². The SMILES string of the molecule is CC(C)c1cccc2c1N(c1cccnc1Oc1ccccc1C(C)(C)C)C(N)S2. The highest BCUT2D eigenvalue weighted by molar-refractivity contribution is 8.00. The van der Waals surface area contributed by atoms with Crippen LogP contribution in [-0.4, -0.2) is 10.5 Å². The Morgan fingerprint density at radius 3 is 2.53 bits per heavy atom. The number of ether oxygens (including phenoxy) is 1. The number of pyridine rings is 1. The van der Waals surface area contributed by atoms with E-state index in [2.05, 4.69) is 68.8 Å². The number of nitrogens with zero attached hydrogens (tertiary/aromatic N) is 2. The van der Waals surface area contributed by atoms with Crippen molar-refractivity contribution in [1.82, 2.24) is 4.98 Å². The predicted octanol–water partition coefficient (Wildman–Crippen LogP) is 6.78. The quantitative estimate of drug-likeness (QED) is 0.505. The van der Waals surface area contributed by atoms with E-state index in [0.29, 0.717) is 11.8 Å². The molecule has 0 radical (unpaired) electrons. The summed E-state index contributed by atoms with van der Waals surface area (Å²) in [5, 5.41) is 0. The van der Waals surface area contributed by atoms with Crippen LogP contribution in [0.1, 0.15) is 51.7 Å². The summed E-state index contributed by atoms with van der Waals surface area (Å²) in [4.78, 5) is 7.95. The number of anilines is 2. The van der Waals surface area contributed by atoms with Gasteiger partial charge in [0.05, 0.1) is 5.69 Å². The zero-order valence-corrected chi connectivity index (χ0v) is 19.0. The number of aromatic nitrogens is 1. The molecule has 5 heteroatoms. The number of para-hydroxylation sites is 2. The molecule has 0 spiro atoms. The maximum atomic E-state index is 6.60. The van der Waals surface area contributed by atoms with Gasteiger partial charge in [-0.3, -0.25) is 0 Å². The lowest BCUT2D eigenvalue weighted by Crippen LogP contribution is -2.33. The molecule has 1 aliphatic heterocycles. The van der Waals surface area contributed by atoms with Crippen molar-refractivity contribution >= 4 is 23.1 Å². The monoisotopic (exact) mass is 419 g/mol. The molecule has 2 N–H and O–H groups in total. The lowest BCUT2D eigenvalue weighted by atomic mass is 9.86. The summed E-state index contributed by atoms with van der Waals surface area (Å²) < 4.78 is 6.43. The van der Waals surface area contributed by atoms with Crippen molar-refractivity contribution in [3.05, 3.63) is 71.9 Å². The van der Waals surface area contributed by atoms with Crippen LogP contribution in [0.15, 0.2) is 65.7 Å². The Labute approximate surface area is 183 Å². The summed E-state index contributed by atoms with van der Waals surface area (Å²) in [7, 11) is 0. The van der Waals surface area contributed by atoms with Crippen molar-refractivity contribution in [3.8, 4) is 11.6 Å². The van der Waals surface area contributed by atoms with E-state index >= 15 is 0 Å². The van der Waals surface area contributed by atoms with Crippen LogP contribution in [0.4, 0.5) is 11.4 Å². The zero-order valence-electron chi connectivity index (χ0n) is 18.2. The third-order valence-electron chi connectivity index (χ3n) is 5.31. The van der Waals surface area contributed by atoms with Gasteiger partial charge in [0, 0.05) is 16.7 Å². The summed E-state index contributed by atoms with van der Waals surface area (Å²) >= 11 is 1.67. The van der Waals surface area contributed by atoms with Crippen LogP contribution >= 0.6 is 11.8 Å². The van der Waals surface area contributed by atoms with E-state index in [1.165, 1.54) is 10.5 Å². The molecule has 2 aromatic carbocycles. The van der Waals surface area contributed by atoms with Crippen LogP contribution in [0.3, 0.4) is 0 Å². The highest BCUT2D eigenvalue weighted by Crippen LogP contribution is 2.51. The van der Waals surface area contributed by atoms with Crippen molar-refractivity contribution in [2.45, 2.75) is 56.3 Å². The number of hydrogen-bond acceptors (Lipinski definition) is 5. The first-order chi connectivity index (χ1) is 14.3. The molecule has 3 aromatic rings. The highest BCUT2D eigenvalue weighted by atomic mass is 32.2. The molecule has 1 atom stereocenters. The summed E-state index contributed by atoms with van der Waals surface area (Å²) in [5.41, 5.74) is 10.8. The van der Waals surface area contributed by atoms with Crippen LogP contribution in [0.5, 0.6) is 11.6 Å². The Bertz CT molecular complexity index is 1060. The number of benzene rings is 2. The molecular weight excluding hydrogens is 390 g/mol. The van der Waals surface area contributed by atoms with E-state index in [9.17, 15) is 0 Å². The molecule has 0 saturated heterocycles. The van der Waals surface area contributed by atoms with Gasteiger partial charge in [0.25, 0.3) is 0 Å². The zero-order chi connectivity index (χ0) is 21.5. The standard InChI is InChI=1S/C25H29N3OS/c1-16(2)17-10-8-14-21-22(17)28(24(26)30-21)19-12-9-15-27-23(19)29-20-13-7-6-11-18(20)25(3,4)5/h6-16,24H,26H2,1-5H3. The molecule has 1 unspecified atom stereocenters. The molecule has 0 fully saturated rings. The Balaban J connectivity index is 1.81. The minimum Gasteiger partial charge on any atom is -0.437 e. The minimum atomic E-state index is -0.232. The van der Waals surface area contributed by atoms with Crippen molar-refractivity contribution in [1.29, 1.82) is 0 Å². The maximum absolute atomic E-state index is 6.60. The van der Waals surface area contributed by atoms with E-state index in [4.69, 9.17) is 10.5 Å². The number of fused-ring (bicyclic) bond motifs is 1. The van der Waals surface area contributed by atoms with Crippen molar-refractivity contribution in [3.63, 3.8) is 0 Å². The fourth-order valence-electron chi connectivity index (χ4n) is 3.85. The molecule has 4 rings (SSSR count). The van der Waals surface area contributed by atoms with Gasteiger partial charge < -0.3 is 15.4 Å². The number of thioether (sulfide) groups is 1. The van der Waals surface area contributed by atoms with Gasteiger partial charge in [0.2, 0.25) is 5.88 Å². The first-order valence-electron chi connectivity index (χ1n) is 10.3. The lowest BCUT2D eigenvalue weighted by molar-refractivity contribution is 0.440. The van der Waals surface area contributed by atoms with Gasteiger partial charge >= 0.3 is 0 Å². The topological polar surface area (TPSA) is 51.4 Å². The van der Waals surface area contributed by atoms with E-state index in [1.807, 2.05) is 30.3 Å². The average Bonchev–Trinajstić information content (AvgIpc) is 3.03. The van der Waals surface area contributed by atoms with Crippen LogP contribution < -0.4 is 15.4 Å². The number of hydrogen-bond donors (Lipinski definition) is 1. The van der Waals surface area contributed by atoms with Gasteiger partial charge in [-0.05, 0) is 41.2 Å². The summed E-state index contributed by atoms with van der Waals surface area (Å²) in [6, 6.07) is 18.6. The fourth-order valence-corrected chi connectivity index (χ4v) is 4.92. The molecule has 1 aliphatic rings. The molecule has 0 bridgehead atoms. The summed E-state index contributed by atoms with van der Waals surface area (Å²) in [6.45, 7) is 11.0. The molecule has 0 saturated carbocycles. The third-order valence-corrected chi connectivity index (χ3v) is 6.34. The Morgan fingerprint density at radius 2 is 1.80 bits per heavy atom. The van der Waals surface area contributed by atoms with Gasteiger partial charge in [-0.2, -0.15) is 0 Å². The third kappa shape index (κ3) is 3.80. The van der Waals surface area contributed by atoms with E-state index in [1.54, 1.807) is 18.0 Å². The lowest BCUT2D eigenvalue weighted by Gasteiger charge is -2.28. The number of rotatable bonds is 4. The second-order valence-electron chi connectivity index (χ2n) is 8.90. The molecule has 0 amide bonds. The van der Waals surface area contributed by atoms with Gasteiger partial charge in [0.1, 0.15) is 16.9 Å². The molecule has 0 aliphatic carbocycles. The largest absolute Gasteiger partial charge is 0.437 e. The number of nitrogens with two attached hydrogens (primary N) is 1. The molecule has 2 heterocycles. The Hall–Kier alpha value is -2.50. The molecule has 30 heavy (non-hydrogen) atoms. The van der Waals surface area contributed by atoms with Crippen LogP contribution in [0.25, 0.3) is 0 Å². The van der Waals surface area contributed by atoms with Crippen LogP contribution in [0.2, 0.25) is 0 Å². The van der Waals surface area contributed by atoms with Gasteiger partial charge in [-0.15, -0.1) is 0 Å². The molecule has 156 valence electrons. The van der Waals surface area contributed by atoms with Gasteiger partial charge in [-0.1, -0.05) is 76.7 Å². The van der Waals surface area contributed by atoms with Crippen molar-refractivity contribution in [2.75, 3.05) is 4.90 Å². The van der Waals surface area contributed by atoms with Crippen molar-refractivity contribution in [2.24, 2.45) is 5.73 Å². The first kappa shape index (κ1) is 20.8. The second kappa shape index (κ2) is 7.97. The minimum absolute atomic E-state index is 0.0388. The normalized spacial score (nSPS) is 16.1. The van der Waals surface area contributed by atoms with E-state index in [-0.39, 0.29) is 10.9 Å². The maximum Gasteiger partial charge on any atom is 0.243 e. The average molecular weight is 420 g/mol. The van der Waals surface area contributed by atoms with Crippen LogP contribution in [0, 0.1) is 0 Å². The van der Waals surface area contributed by atoms with E-state index < -0.39 is 0 Å². The van der Waals surface area contributed by atoms with Crippen molar-refractivity contribution < 1.29 is 4.74 Å². The Kier molecular flexibility index (Phi) is 5.51. The second-order valence-corrected chi connectivity index (χ2v) is 10.1. The molecule has 1 aromatic heterocycles. The highest BCUT2D eigenvalue weighted by Gasteiger charge is 2.34. The summed E-state index contributed by atoms with van der Waals surface area (Å²) in [5.74, 6) is 1.77.